The monoisotopic (exact) mass is 378 g/mol. The Balaban J connectivity index is 1.52. The summed E-state index contributed by atoms with van der Waals surface area (Å²) >= 11 is 0. The average Bonchev–Trinajstić information content (AvgIpc) is 3.52. The number of carbonyl (C=O) groups is 1. The first-order valence-corrected chi connectivity index (χ1v) is 8.92. The van der Waals surface area contributed by atoms with Gasteiger partial charge in [-0.1, -0.05) is 12.1 Å². The van der Waals surface area contributed by atoms with Gasteiger partial charge in [0, 0.05) is 17.2 Å². The van der Waals surface area contributed by atoms with Crippen molar-refractivity contribution in [2.24, 2.45) is 0 Å². The van der Waals surface area contributed by atoms with E-state index in [9.17, 15) is 9.18 Å². The lowest BCUT2D eigenvalue weighted by Crippen LogP contribution is -2.17. The molecule has 0 bridgehead atoms. The van der Waals surface area contributed by atoms with Crippen LogP contribution in [0.4, 0.5) is 10.2 Å². The zero-order chi connectivity index (χ0) is 19.7. The van der Waals surface area contributed by atoms with Crippen LogP contribution in [0, 0.1) is 12.7 Å². The molecule has 1 amide bonds. The van der Waals surface area contributed by atoms with Gasteiger partial charge in [0.25, 0.3) is 5.91 Å². The highest BCUT2D eigenvalue weighted by atomic mass is 19.1. The second-order valence-electron chi connectivity index (χ2n) is 6.85. The predicted octanol–water partition coefficient (Wildman–Crippen LogP) is 3.66. The smallest absolute Gasteiger partial charge is 0.258 e. The van der Waals surface area contributed by atoms with E-state index < -0.39 is 11.7 Å². The molecule has 6 nitrogen and oxygen atoms in total. The van der Waals surface area contributed by atoms with Crippen LogP contribution in [0.5, 0.6) is 5.75 Å². The number of aromatic nitrogens is 3. The van der Waals surface area contributed by atoms with E-state index in [0.29, 0.717) is 5.82 Å². The lowest BCUT2D eigenvalue weighted by atomic mass is 9.92. The average molecular weight is 378 g/mol. The van der Waals surface area contributed by atoms with E-state index in [4.69, 9.17) is 4.74 Å². The molecule has 4 rings (SSSR count). The number of rotatable bonds is 5. The van der Waals surface area contributed by atoms with Crippen molar-refractivity contribution in [2.75, 3.05) is 12.4 Å². The summed E-state index contributed by atoms with van der Waals surface area (Å²) in [6, 6.07) is 7.96. The normalized spacial score (nSPS) is 14.4. The molecule has 142 valence electrons. The summed E-state index contributed by atoms with van der Waals surface area (Å²) < 4.78 is 18.8. The molecule has 0 atom stereocenters. The van der Waals surface area contributed by atoms with Gasteiger partial charge in [-0.3, -0.25) is 14.8 Å². The Hall–Kier alpha value is -3.35. The summed E-state index contributed by atoms with van der Waals surface area (Å²) in [6.45, 7) is 1.53. The third-order valence-corrected chi connectivity index (χ3v) is 5.17. The Kier molecular flexibility index (Phi) is 4.50. The van der Waals surface area contributed by atoms with Crippen molar-refractivity contribution in [3.05, 3.63) is 77.3 Å². The third kappa shape index (κ3) is 3.19. The molecule has 1 aliphatic rings. The minimum absolute atomic E-state index is 0.134. The number of pyridine rings is 1. The molecule has 0 unspecified atom stereocenters. The lowest BCUT2D eigenvalue weighted by molar-refractivity contribution is 0.102. The third-order valence-electron chi connectivity index (χ3n) is 5.17. The fourth-order valence-electron chi connectivity index (χ4n) is 3.28. The first-order chi connectivity index (χ1) is 13.5. The van der Waals surface area contributed by atoms with Gasteiger partial charge >= 0.3 is 0 Å². The summed E-state index contributed by atoms with van der Waals surface area (Å²) in [5, 5.41) is 2.64. The van der Waals surface area contributed by atoms with Crippen molar-refractivity contribution in [1.82, 2.24) is 15.0 Å². The van der Waals surface area contributed by atoms with Crippen molar-refractivity contribution in [3.63, 3.8) is 0 Å². The topological polar surface area (TPSA) is 77.0 Å². The molecule has 0 radical (unpaired) electrons. The minimum Gasteiger partial charge on any atom is -0.497 e. The van der Waals surface area contributed by atoms with E-state index >= 15 is 0 Å². The number of hydrogen-bond acceptors (Lipinski definition) is 5. The number of benzene rings is 1. The van der Waals surface area contributed by atoms with Crippen molar-refractivity contribution in [2.45, 2.75) is 25.2 Å². The SMILES string of the molecule is COc1ccc(C2(c3cnc(NC(=O)c4cncc(F)c4C)cn3)CC2)cc1. The van der Waals surface area contributed by atoms with Crippen LogP contribution in [0.25, 0.3) is 0 Å². The molecule has 1 aliphatic carbocycles. The number of halogens is 1. The molecule has 28 heavy (non-hydrogen) atoms. The largest absolute Gasteiger partial charge is 0.497 e. The Bertz CT molecular complexity index is 1020. The van der Waals surface area contributed by atoms with E-state index in [0.717, 1.165) is 30.5 Å². The van der Waals surface area contributed by atoms with Crippen molar-refractivity contribution in [1.29, 1.82) is 0 Å². The van der Waals surface area contributed by atoms with Gasteiger partial charge in [-0.05, 0) is 37.5 Å². The number of anilines is 1. The molecule has 2 aromatic heterocycles. The molecule has 1 N–H and O–H groups in total. The van der Waals surface area contributed by atoms with Crippen LogP contribution in [-0.4, -0.2) is 28.0 Å². The number of ether oxygens (including phenoxy) is 1. The minimum atomic E-state index is -0.524. The van der Waals surface area contributed by atoms with E-state index in [1.165, 1.54) is 24.9 Å². The Labute approximate surface area is 161 Å². The summed E-state index contributed by atoms with van der Waals surface area (Å²) in [7, 11) is 1.64. The zero-order valence-corrected chi connectivity index (χ0v) is 15.6. The van der Waals surface area contributed by atoms with E-state index in [1.807, 2.05) is 24.3 Å². The first kappa shape index (κ1) is 18.0. The van der Waals surface area contributed by atoms with E-state index in [-0.39, 0.29) is 16.5 Å². The molecular weight excluding hydrogens is 359 g/mol. The quantitative estimate of drug-likeness (QED) is 0.733. The van der Waals surface area contributed by atoms with Gasteiger partial charge < -0.3 is 10.1 Å². The predicted molar refractivity (Wildman–Crippen MR) is 102 cm³/mol. The van der Waals surface area contributed by atoms with Gasteiger partial charge in [-0.15, -0.1) is 0 Å². The maximum atomic E-state index is 13.6. The number of nitrogens with zero attached hydrogens (tertiary/aromatic N) is 3. The summed E-state index contributed by atoms with van der Waals surface area (Å²) in [4.78, 5) is 24.9. The second kappa shape index (κ2) is 6.99. The molecule has 3 aromatic rings. The molecule has 1 fully saturated rings. The van der Waals surface area contributed by atoms with Crippen molar-refractivity contribution >= 4 is 11.7 Å². The fourth-order valence-corrected chi connectivity index (χ4v) is 3.28. The highest BCUT2D eigenvalue weighted by Crippen LogP contribution is 2.52. The zero-order valence-electron chi connectivity index (χ0n) is 15.6. The van der Waals surface area contributed by atoms with Crippen molar-refractivity contribution in [3.8, 4) is 5.75 Å². The summed E-state index contributed by atoms with van der Waals surface area (Å²) in [5.41, 5.74) is 2.31. The van der Waals surface area contributed by atoms with Crippen molar-refractivity contribution < 1.29 is 13.9 Å². The maximum Gasteiger partial charge on any atom is 0.258 e. The molecule has 7 heteroatoms. The van der Waals surface area contributed by atoms with Crippen LogP contribution in [-0.2, 0) is 5.41 Å². The number of amides is 1. The molecule has 2 heterocycles. The Morgan fingerprint density at radius 1 is 1.11 bits per heavy atom. The van der Waals surface area contributed by atoms with Gasteiger partial charge in [0.1, 0.15) is 11.6 Å². The van der Waals surface area contributed by atoms with Crippen LogP contribution in [0.3, 0.4) is 0 Å². The number of methoxy groups -OCH3 is 1. The van der Waals surface area contributed by atoms with Gasteiger partial charge in [0.05, 0.1) is 37.0 Å². The van der Waals surface area contributed by atoms with Crippen LogP contribution in [0.2, 0.25) is 0 Å². The van der Waals surface area contributed by atoms with Gasteiger partial charge in [0.15, 0.2) is 5.82 Å². The Morgan fingerprint density at radius 3 is 2.46 bits per heavy atom. The molecule has 0 saturated heterocycles. The highest BCUT2D eigenvalue weighted by Gasteiger charge is 2.47. The van der Waals surface area contributed by atoms with E-state index in [2.05, 4.69) is 20.3 Å². The number of hydrogen-bond donors (Lipinski definition) is 1. The molecule has 0 aliphatic heterocycles. The fraction of sp³-hybridized carbons (Fsp3) is 0.238. The molecular formula is C21H19FN4O2. The van der Waals surface area contributed by atoms with Crippen LogP contribution in [0.1, 0.15) is 40.0 Å². The Morgan fingerprint density at radius 2 is 1.86 bits per heavy atom. The lowest BCUT2D eigenvalue weighted by Gasteiger charge is -2.16. The number of nitrogens with one attached hydrogen (secondary N) is 1. The summed E-state index contributed by atoms with van der Waals surface area (Å²) in [5.74, 6) is 0.126. The maximum absolute atomic E-state index is 13.6. The van der Waals surface area contributed by atoms with Crippen LogP contribution < -0.4 is 10.1 Å². The van der Waals surface area contributed by atoms with Gasteiger partial charge in [-0.2, -0.15) is 0 Å². The van der Waals surface area contributed by atoms with Gasteiger partial charge in [-0.25, -0.2) is 9.37 Å². The van der Waals surface area contributed by atoms with Crippen LogP contribution in [0.15, 0.2) is 49.1 Å². The molecule has 1 saturated carbocycles. The first-order valence-electron chi connectivity index (χ1n) is 8.92. The molecule has 0 spiro atoms. The van der Waals surface area contributed by atoms with Crippen LogP contribution >= 0.6 is 0 Å². The highest BCUT2D eigenvalue weighted by molar-refractivity contribution is 6.04. The second-order valence-corrected chi connectivity index (χ2v) is 6.85. The number of carbonyl (C=O) groups excluding carboxylic acids is 1. The van der Waals surface area contributed by atoms with E-state index in [1.54, 1.807) is 13.3 Å². The van der Waals surface area contributed by atoms with Gasteiger partial charge in [0.2, 0.25) is 0 Å². The molecule has 1 aromatic carbocycles. The standard InChI is InChI=1S/C21H19FN4O2/c1-13-16(9-23-10-17(13)22)20(27)26-19-12-24-18(11-25-19)21(7-8-21)14-3-5-15(28-2)6-4-14/h3-6,9-12H,7-8H2,1-2H3,(H,25,26,27). The summed E-state index contributed by atoms with van der Waals surface area (Å²) in [6.07, 6.45) is 7.61.